The summed E-state index contributed by atoms with van der Waals surface area (Å²) in [5.74, 6) is -0.939. The maximum absolute atomic E-state index is 12.1. The first kappa shape index (κ1) is 20.8. The Bertz CT molecular complexity index is 1060. The molecule has 2 amide bonds. The van der Waals surface area contributed by atoms with Crippen molar-refractivity contribution in [2.45, 2.75) is 20.5 Å². The van der Waals surface area contributed by atoms with Gasteiger partial charge >= 0.3 is 11.8 Å². The molecule has 6 nitrogen and oxygen atoms in total. The van der Waals surface area contributed by atoms with Gasteiger partial charge in [-0.3, -0.25) is 9.59 Å². The molecular formula is C24H23N3O3. The fraction of sp³-hybridized carbons (Fsp3) is 0.125. The number of nitrogens with one attached hydrogen (secondary N) is 2. The Morgan fingerprint density at radius 1 is 0.933 bits per heavy atom. The molecule has 0 saturated carbocycles. The Kier molecular flexibility index (Phi) is 6.95. The van der Waals surface area contributed by atoms with Crippen LogP contribution in [0.4, 0.5) is 5.69 Å². The smallest absolute Gasteiger partial charge is 0.329 e. The van der Waals surface area contributed by atoms with Gasteiger partial charge < -0.3 is 10.1 Å². The lowest BCUT2D eigenvalue weighted by molar-refractivity contribution is -0.136. The molecule has 0 aliphatic heterocycles. The molecule has 0 unspecified atom stereocenters. The number of nitrogens with zero attached hydrogens (tertiary/aromatic N) is 1. The van der Waals surface area contributed by atoms with E-state index in [-0.39, 0.29) is 0 Å². The highest BCUT2D eigenvalue weighted by molar-refractivity contribution is 6.39. The molecule has 2 N–H and O–H groups in total. The van der Waals surface area contributed by atoms with Gasteiger partial charge in [0.1, 0.15) is 12.4 Å². The van der Waals surface area contributed by atoms with Crippen molar-refractivity contribution in [3.05, 3.63) is 95.1 Å². The lowest BCUT2D eigenvalue weighted by Crippen LogP contribution is -2.32. The molecule has 3 aromatic rings. The van der Waals surface area contributed by atoms with Gasteiger partial charge in [-0.1, -0.05) is 54.6 Å². The molecule has 0 aromatic heterocycles. The van der Waals surface area contributed by atoms with Crippen LogP contribution in [0, 0.1) is 13.8 Å². The highest BCUT2D eigenvalue weighted by atomic mass is 16.5. The van der Waals surface area contributed by atoms with Crippen LogP contribution in [0.15, 0.2) is 77.9 Å². The van der Waals surface area contributed by atoms with Crippen LogP contribution >= 0.6 is 0 Å². The second-order valence-corrected chi connectivity index (χ2v) is 6.82. The molecule has 0 atom stereocenters. The number of aryl methyl sites for hydroxylation is 2. The summed E-state index contributed by atoms with van der Waals surface area (Å²) in [6, 6.07) is 22.8. The van der Waals surface area contributed by atoms with Crippen molar-refractivity contribution in [1.82, 2.24) is 5.43 Å². The van der Waals surface area contributed by atoms with Crippen LogP contribution in [0.25, 0.3) is 0 Å². The third-order valence-corrected chi connectivity index (χ3v) is 4.33. The summed E-state index contributed by atoms with van der Waals surface area (Å²) in [4.78, 5) is 24.1. The Labute approximate surface area is 175 Å². The minimum Gasteiger partial charge on any atom is -0.489 e. The Morgan fingerprint density at radius 2 is 1.73 bits per heavy atom. The molecule has 0 spiro atoms. The normalized spacial score (nSPS) is 10.6. The van der Waals surface area contributed by atoms with Gasteiger partial charge in [0, 0.05) is 5.69 Å². The van der Waals surface area contributed by atoms with Gasteiger partial charge in [0.05, 0.1) is 6.21 Å². The zero-order valence-electron chi connectivity index (χ0n) is 16.9. The first-order chi connectivity index (χ1) is 14.5. The second-order valence-electron chi connectivity index (χ2n) is 6.82. The van der Waals surface area contributed by atoms with Crippen LogP contribution in [-0.2, 0) is 16.2 Å². The van der Waals surface area contributed by atoms with Crippen LogP contribution in [0.1, 0.15) is 22.3 Å². The molecule has 0 aliphatic carbocycles. The predicted molar refractivity (Wildman–Crippen MR) is 117 cm³/mol. The summed E-state index contributed by atoms with van der Waals surface area (Å²) in [6.45, 7) is 4.23. The highest BCUT2D eigenvalue weighted by Gasteiger charge is 2.14. The molecule has 0 bridgehead atoms. The topological polar surface area (TPSA) is 79.8 Å². The number of carbonyl (C=O) groups excluding carboxylic acids is 2. The van der Waals surface area contributed by atoms with Crippen molar-refractivity contribution in [2.75, 3.05) is 5.32 Å². The quantitative estimate of drug-likeness (QED) is 0.373. The van der Waals surface area contributed by atoms with Gasteiger partial charge in [0.25, 0.3) is 0 Å². The molecule has 152 valence electrons. The van der Waals surface area contributed by atoms with Gasteiger partial charge in [0.2, 0.25) is 0 Å². The third-order valence-electron chi connectivity index (χ3n) is 4.33. The molecule has 3 aromatic carbocycles. The fourth-order valence-corrected chi connectivity index (χ4v) is 2.69. The summed E-state index contributed by atoms with van der Waals surface area (Å²) >= 11 is 0. The Hall–Kier alpha value is -3.93. The third kappa shape index (κ3) is 6.04. The molecule has 0 aliphatic rings. The zero-order chi connectivity index (χ0) is 21.3. The van der Waals surface area contributed by atoms with E-state index < -0.39 is 11.8 Å². The molecule has 30 heavy (non-hydrogen) atoms. The van der Waals surface area contributed by atoms with Crippen LogP contribution in [0.2, 0.25) is 0 Å². The van der Waals surface area contributed by atoms with E-state index >= 15 is 0 Å². The van der Waals surface area contributed by atoms with E-state index in [0.717, 1.165) is 22.3 Å². The van der Waals surface area contributed by atoms with E-state index in [4.69, 9.17) is 4.74 Å². The van der Waals surface area contributed by atoms with E-state index in [1.165, 1.54) is 6.21 Å². The van der Waals surface area contributed by atoms with Gasteiger partial charge in [-0.2, -0.15) is 5.10 Å². The van der Waals surface area contributed by atoms with Gasteiger partial charge in [-0.15, -0.1) is 0 Å². The van der Waals surface area contributed by atoms with Crippen LogP contribution in [-0.4, -0.2) is 18.0 Å². The number of amides is 2. The zero-order valence-corrected chi connectivity index (χ0v) is 16.9. The monoisotopic (exact) mass is 401 g/mol. The van der Waals surface area contributed by atoms with Crippen molar-refractivity contribution < 1.29 is 14.3 Å². The average Bonchev–Trinajstić information content (AvgIpc) is 2.76. The first-order valence-electron chi connectivity index (χ1n) is 9.50. The highest BCUT2D eigenvalue weighted by Crippen LogP contribution is 2.16. The SMILES string of the molecule is Cc1ccc(C)c(NC(=O)C(=O)N/N=C\c2cccc(OCc3ccccc3)c2)c1. The first-order valence-corrected chi connectivity index (χ1v) is 9.50. The van der Waals surface area contributed by atoms with E-state index in [2.05, 4.69) is 15.8 Å². The minimum absolute atomic E-state index is 0.455. The van der Waals surface area contributed by atoms with E-state index in [9.17, 15) is 9.59 Å². The number of benzene rings is 3. The Balaban J connectivity index is 1.53. The number of carbonyl (C=O) groups is 2. The second kappa shape index (κ2) is 10.0. The number of hydrogen-bond donors (Lipinski definition) is 2. The molecule has 0 fully saturated rings. The van der Waals surface area contributed by atoms with E-state index in [1.807, 2.05) is 80.6 Å². The number of hydrazone groups is 1. The molecule has 0 radical (unpaired) electrons. The Morgan fingerprint density at radius 3 is 2.53 bits per heavy atom. The van der Waals surface area contributed by atoms with Gasteiger partial charge in [-0.25, -0.2) is 5.43 Å². The van der Waals surface area contributed by atoms with Crippen molar-refractivity contribution in [1.29, 1.82) is 0 Å². The van der Waals surface area contributed by atoms with Crippen molar-refractivity contribution >= 4 is 23.7 Å². The van der Waals surface area contributed by atoms with Crippen LogP contribution in [0.3, 0.4) is 0 Å². The lowest BCUT2D eigenvalue weighted by Gasteiger charge is -2.08. The van der Waals surface area contributed by atoms with E-state index in [1.54, 1.807) is 6.07 Å². The molecular weight excluding hydrogens is 378 g/mol. The van der Waals surface area contributed by atoms with E-state index in [0.29, 0.717) is 18.0 Å². The standard InChI is InChI=1S/C24H23N3O3/c1-17-11-12-18(2)22(13-17)26-23(28)24(29)27-25-15-20-9-6-10-21(14-20)30-16-19-7-4-3-5-8-19/h3-15H,16H2,1-2H3,(H,26,28)(H,27,29)/b25-15-. The number of rotatable bonds is 6. The number of ether oxygens (including phenoxy) is 1. The maximum Gasteiger partial charge on any atom is 0.329 e. The molecule has 0 heterocycles. The van der Waals surface area contributed by atoms with Crippen LogP contribution in [0.5, 0.6) is 5.75 Å². The number of hydrogen-bond acceptors (Lipinski definition) is 4. The van der Waals surface area contributed by atoms with Gasteiger partial charge in [0.15, 0.2) is 0 Å². The summed E-state index contributed by atoms with van der Waals surface area (Å²) in [5, 5.41) is 6.46. The largest absolute Gasteiger partial charge is 0.489 e. The van der Waals surface area contributed by atoms with Crippen molar-refractivity contribution in [3.63, 3.8) is 0 Å². The van der Waals surface area contributed by atoms with Crippen LogP contribution < -0.4 is 15.5 Å². The summed E-state index contributed by atoms with van der Waals surface area (Å²) in [6.07, 6.45) is 1.46. The van der Waals surface area contributed by atoms with Gasteiger partial charge in [-0.05, 0) is 54.3 Å². The maximum atomic E-state index is 12.1. The van der Waals surface area contributed by atoms with Crippen molar-refractivity contribution in [3.8, 4) is 5.75 Å². The summed E-state index contributed by atoms with van der Waals surface area (Å²) in [5.41, 5.74) is 6.50. The molecule has 0 saturated heterocycles. The fourth-order valence-electron chi connectivity index (χ4n) is 2.69. The summed E-state index contributed by atoms with van der Waals surface area (Å²) < 4.78 is 5.77. The predicted octanol–water partition coefficient (Wildman–Crippen LogP) is 3.97. The average molecular weight is 401 g/mol. The summed E-state index contributed by atoms with van der Waals surface area (Å²) in [7, 11) is 0. The number of anilines is 1. The lowest BCUT2D eigenvalue weighted by atomic mass is 10.1. The minimum atomic E-state index is -0.844. The molecule has 6 heteroatoms. The van der Waals surface area contributed by atoms with Crippen molar-refractivity contribution in [2.24, 2.45) is 5.10 Å². The molecule has 3 rings (SSSR count).